The number of halogens is 1. The zero-order chi connectivity index (χ0) is 13.8. The highest BCUT2D eigenvalue weighted by molar-refractivity contribution is 5.46. The Morgan fingerprint density at radius 1 is 1.37 bits per heavy atom. The summed E-state index contributed by atoms with van der Waals surface area (Å²) < 4.78 is 18.2. The van der Waals surface area contributed by atoms with Crippen LogP contribution in [-0.2, 0) is 6.61 Å². The molecule has 6 nitrogen and oxygen atoms in total. The fraction of sp³-hybridized carbons (Fsp3) is 0.0833. The molecule has 2 rings (SSSR count). The van der Waals surface area contributed by atoms with E-state index in [4.69, 9.17) is 10.5 Å². The lowest BCUT2D eigenvalue weighted by Gasteiger charge is -2.06. The van der Waals surface area contributed by atoms with Gasteiger partial charge in [0.25, 0.3) is 0 Å². The minimum absolute atomic E-state index is 0.00299. The van der Waals surface area contributed by atoms with Crippen molar-refractivity contribution in [3.63, 3.8) is 0 Å². The second-order valence-corrected chi connectivity index (χ2v) is 3.75. The summed E-state index contributed by atoms with van der Waals surface area (Å²) in [5, 5.41) is 10.8. The lowest BCUT2D eigenvalue weighted by Crippen LogP contribution is -2.00. The predicted molar refractivity (Wildman–Crippen MR) is 66.0 cm³/mol. The number of nitrogens with two attached hydrogens (primary N) is 1. The lowest BCUT2D eigenvalue weighted by atomic mass is 10.2. The summed E-state index contributed by atoms with van der Waals surface area (Å²) in [6.07, 6.45) is 1.50. The zero-order valence-corrected chi connectivity index (χ0v) is 9.75. The van der Waals surface area contributed by atoms with Crippen molar-refractivity contribution >= 4 is 11.5 Å². The van der Waals surface area contributed by atoms with Gasteiger partial charge in [-0.1, -0.05) is 6.07 Å². The molecule has 19 heavy (non-hydrogen) atoms. The number of aromatic nitrogens is 1. The molecule has 0 fully saturated rings. The van der Waals surface area contributed by atoms with E-state index in [-0.39, 0.29) is 12.4 Å². The highest BCUT2D eigenvalue weighted by Gasteiger charge is 2.16. The van der Waals surface area contributed by atoms with Crippen LogP contribution in [0.5, 0.6) is 5.75 Å². The number of hydrogen-bond donors (Lipinski definition) is 1. The molecule has 2 aromatic rings. The maximum absolute atomic E-state index is 12.9. The van der Waals surface area contributed by atoms with Gasteiger partial charge in [0.1, 0.15) is 18.2 Å². The average Bonchev–Trinajstić information content (AvgIpc) is 2.39. The van der Waals surface area contributed by atoms with Crippen molar-refractivity contribution in [1.82, 2.24) is 4.98 Å². The van der Waals surface area contributed by atoms with Crippen LogP contribution in [0.1, 0.15) is 5.56 Å². The van der Waals surface area contributed by atoms with E-state index in [0.29, 0.717) is 11.4 Å². The SMILES string of the molecule is Nc1ccc(COc2ccc(F)cc2[N+](=O)[O-])cn1. The molecule has 0 aliphatic rings. The van der Waals surface area contributed by atoms with Crippen LogP contribution in [0.3, 0.4) is 0 Å². The van der Waals surface area contributed by atoms with Gasteiger partial charge in [-0.2, -0.15) is 0 Å². The molecule has 0 aliphatic heterocycles. The van der Waals surface area contributed by atoms with Crippen LogP contribution < -0.4 is 10.5 Å². The second-order valence-electron chi connectivity index (χ2n) is 3.75. The standard InChI is InChI=1S/C12H10FN3O3/c13-9-2-3-11(10(5-9)16(17)18)19-7-8-1-4-12(14)15-6-8/h1-6H,7H2,(H2,14,15). The number of nitro benzene ring substituents is 1. The Balaban J connectivity index is 2.15. The van der Waals surface area contributed by atoms with E-state index in [0.717, 1.165) is 12.1 Å². The van der Waals surface area contributed by atoms with Crippen LogP contribution in [-0.4, -0.2) is 9.91 Å². The van der Waals surface area contributed by atoms with Crippen LogP contribution in [0.25, 0.3) is 0 Å². The Kier molecular flexibility index (Phi) is 3.56. The van der Waals surface area contributed by atoms with Gasteiger partial charge < -0.3 is 10.5 Å². The van der Waals surface area contributed by atoms with E-state index in [1.54, 1.807) is 12.1 Å². The molecule has 0 bridgehead atoms. The molecular weight excluding hydrogens is 253 g/mol. The van der Waals surface area contributed by atoms with Gasteiger partial charge in [0, 0.05) is 11.8 Å². The molecule has 7 heteroatoms. The van der Waals surface area contributed by atoms with Crippen molar-refractivity contribution in [3.8, 4) is 5.75 Å². The van der Waals surface area contributed by atoms with Gasteiger partial charge in [-0.3, -0.25) is 10.1 Å². The molecule has 0 saturated heterocycles. The Morgan fingerprint density at radius 3 is 2.79 bits per heavy atom. The fourth-order valence-electron chi connectivity index (χ4n) is 1.44. The Morgan fingerprint density at radius 2 is 2.16 bits per heavy atom. The molecule has 0 saturated carbocycles. The summed E-state index contributed by atoms with van der Waals surface area (Å²) in [4.78, 5) is 13.9. The van der Waals surface area contributed by atoms with E-state index in [9.17, 15) is 14.5 Å². The molecule has 1 heterocycles. The summed E-state index contributed by atoms with van der Waals surface area (Å²) in [6.45, 7) is 0.0831. The van der Waals surface area contributed by atoms with Gasteiger partial charge in [0.05, 0.1) is 11.0 Å². The van der Waals surface area contributed by atoms with Crippen molar-refractivity contribution in [2.24, 2.45) is 0 Å². The van der Waals surface area contributed by atoms with Gasteiger partial charge in [-0.25, -0.2) is 9.37 Å². The van der Waals surface area contributed by atoms with Crippen molar-refractivity contribution < 1.29 is 14.1 Å². The maximum Gasteiger partial charge on any atom is 0.313 e. The number of nitro groups is 1. The summed E-state index contributed by atoms with van der Waals surface area (Å²) in [5.41, 5.74) is 5.72. The summed E-state index contributed by atoms with van der Waals surface area (Å²) in [5.74, 6) is -0.312. The normalized spacial score (nSPS) is 10.2. The number of pyridine rings is 1. The molecule has 0 unspecified atom stereocenters. The summed E-state index contributed by atoms with van der Waals surface area (Å²) >= 11 is 0. The molecule has 1 aromatic carbocycles. The fourth-order valence-corrected chi connectivity index (χ4v) is 1.44. The van der Waals surface area contributed by atoms with Crippen molar-refractivity contribution in [2.45, 2.75) is 6.61 Å². The molecule has 1 aromatic heterocycles. The Labute approximate surface area is 107 Å². The molecule has 0 spiro atoms. The van der Waals surface area contributed by atoms with E-state index in [1.165, 1.54) is 12.3 Å². The number of hydrogen-bond acceptors (Lipinski definition) is 5. The minimum Gasteiger partial charge on any atom is -0.482 e. The number of rotatable bonds is 4. The molecule has 0 amide bonds. The highest BCUT2D eigenvalue weighted by Crippen LogP contribution is 2.28. The van der Waals surface area contributed by atoms with E-state index >= 15 is 0 Å². The highest BCUT2D eigenvalue weighted by atomic mass is 19.1. The lowest BCUT2D eigenvalue weighted by molar-refractivity contribution is -0.386. The Bertz CT molecular complexity index is 602. The third-order valence-electron chi connectivity index (χ3n) is 2.36. The molecular formula is C12H10FN3O3. The van der Waals surface area contributed by atoms with Crippen LogP contribution in [0.15, 0.2) is 36.5 Å². The first-order valence-corrected chi connectivity index (χ1v) is 5.33. The zero-order valence-electron chi connectivity index (χ0n) is 9.75. The van der Waals surface area contributed by atoms with Gasteiger partial charge in [-0.05, 0) is 18.2 Å². The number of benzene rings is 1. The smallest absolute Gasteiger partial charge is 0.313 e. The van der Waals surface area contributed by atoms with Crippen LogP contribution in [0.2, 0.25) is 0 Å². The molecule has 0 atom stereocenters. The third kappa shape index (κ3) is 3.15. The van der Waals surface area contributed by atoms with Crippen molar-refractivity contribution in [2.75, 3.05) is 5.73 Å². The molecule has 0 radical (unpaired) electrons. The topological polar surface area (TPSA) is 91.3 Å². The molecule has 98 valence electrons. The van der Waals surface area contributed by atoms with Crippen LogP contribution in [0, 0.1) is 15.9 Å². The first kappa shape index (κ1) is 12.7. The van der Waals surface area contributed by atoms with Crippen LogP contribution >= 0.6 is 0 Å². The largest absolute Gasteiger partial charge is 0.482 e. The first-order chi connectivity index (χ1) is 9.06. The first-order valence-electron chi connectivity index (χ1n) is 5.33. The van der Waals surface area contributed by atoms with Gasteiger partial charge in [0.2, 0.25) is 0 Å². The van der Waals surface area contributed by atoms with Gasteiger partial charge in [0.15, 0.2) is 5.75 Å². The van der Waals surface area contributed by atoms with E-state index < -0.39 is 16.4 Å². The Hall–Kier alpha value is -2.70. The minimum atomic E-state index is -0.695. The monoisotopic (exact) mass is 263 g/mol. The number of ether oxygens (including phenoxy) is 1. The van der Waals surface area contributed by atoms with E-state index in [2.05, 4.69) is 4.98 Å². The van der Waals surface area contributed by atoms with Crippen molar-refractivity contribution in [1.29, 1.82) is 0 Å². The molecule has 2 N–H and O–H groups in total. The number of nitrogen functional groups attached to an aromatic ring is 1. The number of nitrogens with zero attached hydrogens (tertiary/aromatic N) is 2. The van der Waals surface area contributed by atoms with Gasteiger partial charge >= 0.3 is 5.69 Å². The van der Waals surface area contributed by atoms with Crippen LogP contribution in [0.4, 0.5) is 15.9 Å². The number of anilines is 1. The summed E-state index contributed by atoms with van der Waals surface area (Å²) in [7, 11) is 0. The molecule has 0 aliphatic carbocycles. The van der Waals surface area contributed by atoms with Gasteiger partial charge in [-0.15, -0.1) is 0 Å². The predicted octanol–water partition coefficient (Wildman–Crippen LogP) is 2.29. The maximum atomic E-state index is 12.9. The summed E-state index contributed by atoms with van der Waals surface area (Å²) in [6, 6.07) is 6.42. The average molecular weight is 263 g/mol. The van der Waals surface area contributed by atoms with E-state index in [1.807, 2.05) is 0 Å². The third-order valence-corrected chi connectivity index (χ3v) is 2.36. The quantitative estimate of drug-likeness (QED) is 0.675. The van der Waals surface area contributed by atoms with Crippen molar-refractivity contribution in [3.05, 3.63) is 58.0 Å². The second kappa shape index (κ2) is 5.30.